The molecule has 0 aliphatic rings. The van der Waals surface area contributed by atoms with Crippen LogP contribution in [0, 0.1) is 0 Å². The van der Waals surface area contributed by atoms with E-state index in [2.05, 4.69) is 0 Å². The lowest BCUT2D eigenvalue weighted by atomic mass is 9.93. The fourth-order valence-electron chi connectivity index (χ4n) is 1.30. The fraction of sp³-hybridized carbons (Fsp3) is 0.333. The van der Waals surface area contributed by atoms with Crippen molar-refractivity contribution >= 4 is 23.0 Å². The summed E-state index contributed by atoms with van der Waals surface area (Å²) >= 11 is 5.14. The summed E-state index contributed by atoms with van der Waals surface area (Å²) in [6, 6.07) is 9.92. The molecule has 4 heteroatoms. The molecule has 1 aromatic carbocycles. The number of hydrogen-bond acceptors (Lipinski definition) is 3. The van der Waals surface area contributed by atoms with Crippen LogP contribution < -0.4 is 11.5 Å². The van der Waals surface area contributed by atoms with Crippen LogP contribution in [0.15, 0.2) is 30.3 Å². The van der Waals surface area contributed by atoms with Gasteiger partial charge in [-0.05, 0) is 25.3 Å². The first-order chi connectivity index (χ1) is 7.44. The number of amides is 1. The van der Waals surface area contributed by atoms with Gasteiger partial charge in [0.1, 0.15) is 5.54 Å². The average Bonchev–Trinajstić information content (AvgIpc) is 2.27. The van der Waals surface area contributed by atoms with Crippen LogP contribution in [0.4, 0.5) is 0 Å². The van der Waals surface area contributed by atoms with Gasteiger partial charge in [-0.1, -0.05) is 42.5 Å². The van der Waals surface area contributed by atoms with Crippen molar-refractivity contribution in [3.8, 4) is 0 Å². The first-order valence-corrected chi connectivity index (χ1v) is 5.51. The Balaban J connectivity index is 2.57. The van der Waals surface area contributed by atoms with E-state index in [4.69, 9.17) is 23.7 Å². The molecule has 3 nitrogen and oxygen atoms in total. The number of benzene rings is 1. The Morgan fingerprint density at radius 1 is 1.38 bits per heavy atom. The Hall–Kier alpha value is -1.26. The van der Waals surface area contributed by atoms with Crippen molar-refractivity contribution < 1.29 is 4.79 Å². The minimum Gasteiger partial charge on any atom is -0.368 e. The molecule has 0 fully saturated rings. The summed E-state index contributed by atoms with van der Waals surface area (Å²) < 4.78 is 0. The van der Waals surface area contributed by atoms with Crippen LogP contribution in [0.2, 0.25) is 0 Å². The highest BCUT2D eigenvalue weighted by molar-refractivity contribution is 7.80. The zero-order valence-electron chi connectivity index (χ0n) is 9.27. The minimum absolute atomic E-state index is 0.504. The van der Waals surface area contributed by atoms with Crippen molar-refractivity contribution in [3.05, 3.63) is 35.9 Å². The Kier molecular flexibility index (Phi) is 4.15. The molecule has 16 heavy (non-hydrogen) atoms. The van der Waals surface area contributed by atoms with Crippen LogP contribution in [0.3, 0.4) is 0 Å². The maximum Gasteiger partial charge on any atom is 0.242 e. The molecule has 1 amide bonds. The van der Waals surface area contributed by atoms with E-state index in [9.17, 15) is 4.79 Å². The van der Waals surface area contributed by atoms with E-state index in [0.29, 0.717) is 11.3 Å². The van der Waals surface area contributed by atoms with Crippen LogP contribution in [-0.2, 0) is 11.2 Å². The Morgan fingerprint density at radius 2 is 1.94 bits per heavy atom. The number of aryl methyl sites for hydroxylation is 1. The van der Waals surface area contributed by atoms with Gasteiger partial charge in [-0.25, -0.2) is 0 Å². The molecule has 1 atom stereocenters. The standard InChI is InChI=1S/C12H16N2OS/c1-12(14,11(13)15)10(16)8-7-9-5-3-2-4-6-9/h2-6H,7-8,14H2,1H3,(H2,13,15). The summed E-state index contributed by atoms with van der Waals surface area (Å²) in [5.41, 5.74) is 10.9. The van der Waals surface area contributed by atoms with Crippen molar-refractivity contribution in [2.24, 2.45) is 11.5 Å². The Bertz CT molecular complexity index is 387. The number of thiocarbonyl (C=S) groups is 1. The largest absolute Gasteiger partial charge is 0.368 e. The number of primary amides is 1. The molecule has 1 rings (SSSR count). The second-order valence-corrected chi connectivity index (χ2v) is 4.47. The molecule has 0 aliphatic carbocycles. The Morgan fingerprint density at radius 3 is 2.44 bits per heavy atom. The Labute approximate surface area is 101 Å². The van der Waals surface area contributed by atoms with Crippen LogP contribution in [0.5, 0.6) is 0 Å². The molecule has 0 aliphatic heterocycles. The molecule has 0 bridgehead atoms. The van der Waals surface area contributed by atoms with E-state index < -0.39 is 11.4 Å². The number of carbonyl (C=O) groups excluding carboxylic acids is 1. The highest BCUT2D eigenvalue weighted by Crippen LogP contribution is 2.10. The molecule has 86 valence electrons. The van der Waals surface area contributed by atoms with Gasteiger partial charge >= 0.3 is 0 Å². The molecule has 4 N–H and O–H groups in total. The molecular weight excluding hydrogens is 220 g/mol. The smallest absolute Gasteiger partial charge is 0.242 e. The molecule has 0 aromatic heterocycles. The summed E-state index contributed by atoms with van der Waals surface area (Å²) in [7, 11) is 0. The van der Waals surface area contributed by atoms with Gasteiger partial charge in [-0.15, -0.1) is 0 Å². The van der Waals surface area contributed by atoms with Gasteiger partial charge in [-0.2, -0.15) is 0 Å². The predicted molar refractivity (Wildman–Crippen MR) is 69.1 cm³/mol. The summed E-state index contributed by atoms with van der Waals surface area (Å²) in [6.07, 6.45) is 1.37. The fourth-order valence-corrected chi connectivity index (χ4v) is 1.50. The van der Waals surface area contributed by atoms with Crippen molar-refractivity contribution in [2.45, 2.75) is 25.3 Å². The van der Waals surface area contributed by atoms with E-state index in [0.717, 1.165) is 6.42 Å². The quantitative estimate of drug-likeness (QED) is 0.755. The highest BCUT2D eigenvalue weighted by Gasteiger charge is 2.30. The first kappa shape index (κ1) is 12.8. The summed E-state index contributed by atoms with van der Waals surface area (Å²) in [4.78, 5) is 11.6. The van der Waals surface area contributed by atoms with Crippen molar-refractivity contribution in [1.29, 1.82) is 0 Å². The predicted octanol–water partition coefficient (Wildman–Crippen LogP) is 1.19. The van der Waals surface area contributed by atoms with Gasteiger partial charge in [0.05, 0.1) is 0 Å². The third-order valence-corrected chi connectivity index (χ3v) is 3.20. The normalized spacial score (nSPS) is 14.1. The van der Waals surface area contributed by atoms with Gasteiger partial charge in [0.2, 0.25) is 5.91 Å². The van der Waals surface area contributed by atoms with Crippen LogP contribution in [-0.4, -0.2) is 16.3 Å². The highest BCUT2D eigenvalue weighted by atomic mass is 32.1. The zero-order chi connectivity index (χ0) is 12.2. The molecular formula is C12H16N2OS. The van der Waals surface area contributed by atoms with Gasteiger partial charge in [0.15, 0.2) is 0 Å². The molecule has 1 aromatic rings. The van der Waals surface area contributed by atoms with Gasteiger partial charge < -0.3 is 11.5 Å². The second kappa shape index (κ2) is 5.18. The van der Waals surface area contributed by atoms with Gasteiger partial charge in [0.25, 0.3) is 0 Å². The minimum atomic E-state index is -1.19. The zero-order valence-corrected chi connectivity index (χ0v) is 10.1. The van der Waals surface area contributed by atoms with E-state index in [1.807, 2.05) is 30.3 Å². The number of carbonyl (C=O) groups is 1. The molecule has 0 saturated carbocycles. The maximum atomic E-state index is 11.1. The van der Waals surface area contributed by atoms with Crippen molar-refractivity contribution in [3.63, 3.8) is 0 Å². The van der Waals surface area contributed by atoms with E-state index in [1.165, 1.54) is 5.56 Å². The molecule has 0 saturated heterocycles. The van der Waals surface area contributed by atoms with Crippen LogP contribution >= 0.6 is 12.2 Å². The molecule has 0 spiro atoms. The van der Waals surface area contributed by atoms with Gasteiger partial charge in [-0.3, -0.25) is 4.79 Å². The van der Waals surface area contributed by atoms with Gasteiger partial charge in [0, 0.05) is 4.86 Å². The first-order valence-electron chi connectivity index (χ1n) is 5.10. The lowest BCUT2D eigenvalue weighted by Crippen LogP contribution is -2.55. The van der Waals surface area contributed by atoms with Crippen LogP contribution in [0.25, 0.3) is 0 Å². The third-order valence-electron chi connectivity index (χ3n) is 2.57. The number of nitrogens with two attached hydrogens (primary N) is 2. The SMILES string of the molecule is CC(N)(C(N)=O)C(=S)CCc1ccccc1. The molecule has 0 heterocycles. The summed E-state index contributed by atoms with van der Waals surface area (Å²) in [5.74, 6) is -0.578. The van der Waals surface area contributed by atoms with E-state index in [-0.39, 0.29) is 0 Å². The van der Waals surface area contributed by atoms with Crippen LogP contribution in [0.1, 0.15) is 18.9 Å². The topological polar surface area (TPSA) is 69.1 Å². The monoisotopic (exact) mass is 236 g/mol. The molecule has 0 radical (unpaired) electrons. The second-order valence-electron chi connectivity index (χ2n) is 3.98. The van der Waals surface area contributed by atoms with Crippen molar-refractivity contribution in [1.82, 2.24) is 0 Å². The lowest BCUT2D eigenvalue weighted by Gasteiger charge is -2.21. The van der Waals surface area contributed by atoms with E-state index in [1.54, 1.807) is 6.92 Å². The number of rotatable bonds is 5. The lowest BCUT2D eigenvalue weighted by molar-refractivity contribution is -0.120. The summed E-state index contributed by atoms with van der Waals surface area (Å²) in [6.45, 7) is 1.56. The van der Waals surface area contributed by atoms with Crippen molar-refractivity contribution in [2.75, 3.05) is 0 Å². The maximum absolute atomic E-state index is 11.1. The summed E-state index contributed by atoms with van der Waals surface area (Å²) in [5, 5.41) is 0. The third kappa shape index (κ3) is 3.12. The van der Waals surface area contributed by atoms with E-state index >= 15 is 0 Å². The number of hydrogen-bond donors (Lipinski definition) is 2. The molecule has 1 unspecified atom stereocenters. The average molecular weight is 236 g/mol.